The van der Waals surface area contributed by atoms with Gasteiger partial charge in [0, 0.05) is 30.8 Å². The molecule has 188 valence electrons. The third-order valence-electron chi connectivity index (χ3n) is 6.27. The Morgan fingerprint density at radius 2 is 1.89 bits per heavy atom. The average molecular weight is 488 g/mol. The van der Waals surface area contributed by atoms with Crippen molar-refractivity contribution in [1.29, 1.82) is 0 Å². The number of aliphatic hydroxyl groups excluding tert-OH is 1. The average Bonchev–Trinajstić information content (AvgIpc) is 3.29. The molecule has 36 heavy (non-hydrogen) atoms. The van der Waals surface area contributed by atoms with Crippen LogP contribution in [0.4, 0.5) is 11.4 Å². The lowest BCUT2D eigenvalue weighted by Gasteiger charge is -2.21. The first kappa shape index (κ1) is 25.3. The van der Waals surface area contributed by atoms with E-state index in [1.165, 1.54) is 12.5 Å². The zero-order valence-corrected chi connectivity index (χ0v) is 20.7. The van der Waals surface area contributed by atoms with Crippen molar-refractivity contribution in [2.45, 2.75) is 38.6 Å². The van der Waals surface area contributed by atoms with E-state index < -0.39 is 6.04 Å². The van der Waals surface area contributed by atoms with Crippen molar-refractivity contribution in [2.75, 3.05) is 30.4 Å². The molecular weight excluding hydrogens is 454 g/mol. The molecule has 4 rings (SSSR count). The summed E-state index contributed by atoms with van der Waals surface area (Å²) < 4.78 is 5.88. The van der Waals surface area contributed by atoms with E-state index in [1.54, 1.807) is 12.1 Å². The summed E-state index contributed by atoms with van der Waals surface area (Å²) in [4.78, 5) is 24.9. The molecule has 3 aromatic carbocycles. The molecule has 0 spiro atoms. The molecule has 7 heteroatoms. The van der Waals surface area contributed by atoms with Crippen molar-refractivity contribution >= 4 is 23.2 Å². The number of hydrogen-bond donors (Lipinski definition) is 4. The molecule has 0 radical (unpaired) electrons. The van der Waals surface area contributed by atoms with Gasteiger partial charge < -0.3 is 25.8 Å². The zero-order valence-electron chi connectivity index (χ0n) is 20.7. The summed E-state index contributed by atoms with van der Waals surface area (Å²) in [6.07, 6.45) is 1.44. The molecule has 7 nitrogen and oxygen atoms in total. The summed E-state index contributed by atoms with van der Waals surface area (Å²) in [6.45, 7) is 4.58. The zero-order chi connectivity index (χ0) is 25.5. The molecule has 0 fully saturated rings. The number of para-hydroxylation sites is 1. The lowest BCUT2D eigenvalue weighted by atomic mass is 9.94. The summed E-state index contributed by atoms with van der Waals surface area (Å²) in [5, 5.41) is 19.3. The molecule has 3 aromatic rings. The molecular formula is C29H33N3O4. The van der Waals surface area contributed by atoms with Gasteiger partial charge in [-0.05, 0) is 59.9 Å². The second-order valence-electron chi connectivity index (χ2n) is 9.08. The number of aliphatic hydroxyl groups is 1. The monoisotopic (exact) mass is 487 g/mol. The van der Waals surface area contributed by atoms with Crippen LogP contribution in [0.2, 0.25) is 0 Å². The molecule has 2 atom stereocenters. The Morgan fingerprint density at radius 1 is 1.08 bits per heavy atom. The Morgan fingerprint density at radius 3 is 2.67 bits per heavy atom. The van der Waals surface area contributed by atoms with Gasteiger partial charge in [0.25, 0.3) is 5.91 Å². The van der Waals surface area contributed by atoms with Gasteiger partial charge in [0.2, 0.25) is 5.91 Å². The standard InChI is InChI=1S/C29H33N3O4/c1-3-13-36-28-12-11-21(20-7-6-8-23(14-20)31-19(2)34)16-26(28)29(35)32-24(18-33)15-22-17-30-27-10-5-4-9-25(22)27/h4-12,14,16,22,24,30,33H,3,13,15,17-18H2,1-2H3,(H,31,34)(H,32,35)/t22?,24-/m0/s1. The maximum absolute atomic E-state index is 13.4. The van der Waals surface area contributed by atoms with E-state index in [0.717, 1.165) is 29.8 Å². The third kappa shape index (κ3) is 6.04. The lowest BCUT2D eigenvalue weighted by Crippen LogP contribution is -2.39. The molecule has 2 amide bonds. The van der Waals surface area contributed by atoms with E-state index in [1.807, 2.05) is 55.5 Å². The van der Waals surface area contributed by atoms with Gasteiger partial charge >= 0.3 is 0 Å². The Bertz CT molecular complexity index is 1230. The van der Waals surface area contributed by atoms with Gasteiger partial charge in [-0.1, -0.05) is 43.3 Å². The SMILES string of the molecule is CCCOc1ccc(-c2cccc(NC(C)=O)c2)cc1C(=O)N[C@H](CO)CC1CNc2ccccc21. The van der Waals surface area contributed by atoms with E-state index in [2.05, 4.69) is 22.0 Å². The number of carbonyl (C=O) groups excluding carboxylic acids is 2. The fraction of sp³-hybridized carbons (Fsp3) is 0.310. The second-order valence-corrected chi connectivity index (χ2v) is 9.08. The Kier molecular flexibility index (Phi) is 8.23. The molecule has 0 bridgehead atoms. The minimum absolute atomic E-state index is 0.148. The van der Waals surface area contributed by atoms with Crippen LogP contribution in [0.15, 0.2) is 66.7 Å². The topological polar surface area (TPSA) is 99.7 Å². The molecule has 1 aliphatic rings. The smallest absolute Gasteiger partial charge is 0.255 e. The van der Waals surface area contributed by atoms with Crippen molar-refractivity contribution in [2.24, 2.45) is 0 Å². The molecule has 0 saturated heterocycles. The van der Waals surface area contributed by atoms with Crippen LogP contribution in [0.3, 0.4) is 0 Å². The minimum Gasteiger partial charge on any atom is -0.493 e. The van der Waals surface area contributed by atoms with Crippen LogP contribution in [-0.2, 0) is 4.79 Å². The molecule has 1 unspecified atom stereocenters. The van der Waals surface area contributed by atoms with E-state index in [-0.39, 0.29) is 24.3 Å². The molecule has 1 heterocycles. The van der Waals surface area contributed by atoms with Gasteiger partial charge in [-0.3, -0.25) is 9.59 Å². The van der Waals surface area contributed by atoms with Crippen molar-refractivity contribution in [3.8, 4) is 16.9 Å². The van der Waals surface area contributed by atoms with Gasteiger partial charge in [0.05, 0.1) is 24.8 Å². The second kappa shape index (κ2) is 11.7. The number of nitrogens with one attached hydrogen (secondary N) is 3. The van der Waals surface area contributed by atoms with E-state index in [4.69, 9.17) is 4.74 Å². The highest BCUT2D eigenvalue weighted by Crippen LogP contribution is 2.34. The van der Waals surface area contributed by atoms with E-state index in [9.17, 15) is 14.7 Å². The van der Waals surface area contributed by atoms with Crippen molar-refractivity contribution < 1.29 is 19.4 Å². The molecule has 0 saturated carbocycles. The Balaban J connectivity index is 1.56. The molecule has 4 N–H and O–H groups in total. The number of anilines is 2. The van der Waals surface area contributed by atoms with Gasteiger partial charge in [-0.25, -0.2) is 0 Å². The van der Waals surface area contributed by atoms with Crippen LogP contribution >= 0.6 is 0 Å². The first-order valence-electron chi connectivity index (χ1n) is 12.4. The highest BCUT2D eigenvalue weighted by Gasteiger charge is 2.26. The van der Waals surface area contributed by atoms with Gasteiger partial charge in [0.15, 0.2) is 0 Å². The summed E-state index contributed by atoms with van der Waals surface area (Å²) in [5.74, 6) is 0.267. The number of ether oxygens (including phenoxy) is 1. The number of rotatable bonds is 10. The first-order chi connectivity index (χ1) is 17.5. The largest absolute Gasteiger partial charge is 0.493 e. The van der Waals surface area contributed by atoms with Crippen LogP contribution in [0, 0.1) is 0 Å². The van der Waals surface area contributed by atoms with Crippen molar-refractivity contribution in [3.63, 3.8) is 0 Å². The predicted molar refractivity (Wildman–Crippen MR) is 143 cm³/mol. The van der Waals surface area contributed by atoms with Gasteiger partial charge in [-0.2, -0.15) is 0 Å². The maximum atomic E-state index is 13.4. The number of benzene rings is 3. The lowest BCUT2D eigenvalue weighted by molar-refractivity contribution is -0.114. The van der Waals surface area contributed by atoms with Crippen LogP contribution in [0.1, 0.15) is 48.5 Å². The summed E-state index contributed by atoms with van der Waals surface area (Å²) >= 11 is 0. The highest BCUT2D eigenvalue weighted by atomic mass is 16.5. The first-order valence-corrected chi connectivity index (χ1v) is 12.4. The van der Waals surface area contributed by atoms with Crippen molar-refractivity contribution in [1.82, 2.24) is 5.32 Å². The fourth-order valence-corrected chi connectivity index (χ4v) is 4.56. The van der Waals surface area contributed by atoms with Gasteiger partial charge in [-0.15, -0.1) is 0 Å². The normalized spacial score (nSPS) is 14.9. The number of amides is 2. The maximum Gasteiger partial charge on any atom is 0.255 e. The van der Waals surface area contributed by atoms with E-state index >= 15 is 0 Å². The number of hydrogen-bond acceptors (Lipinski definition) is 5. The Hall–Kier alpha value is -3.84. The van der Waals surface area contributed by atoms with Crippen LogP contribution in [-0.4, -0.2) is 42.7 Å². The van der Waals surface area contributed by atoms with Crippen LogP contribution in [0.5, 0.6) is 5.75 Å². The summed E-state index contributed by atoms with van der Waals surface area (Å²) in [7, 11) is 0. The quantitative estimate of drug-likeness (QED) is 0.330. The predicted octanol–water partition coefficient (Wildman–Crippen LogP) is 4.79. The highest BCUT2D eigenvalue weighted by molar-refractivity contribution is 5.98. The fourth-order valence-electron chi connectivity index (χ4n) is 4.56. The third-order valence-corrected chi connectivity index (χ3v) is 6.27. The number of fused-ring (bicyclic) bond motifs is 1. The summed E-state index contributed by atoms with van der Waals surface area (Å²) in [5.41, 5.74) is 5.10. The summed E-state index contributed by atoms with van der Waals surface area (Å²) in [6, 6.07) is 20.7. The molecule has 0 aliphatic carbocycles. The minimum atomic E-state index is -0.402. The van der Waals surface area contributed by atoms with Crippen molar-refractivity contribution in [3.05, 3.63) is 77.9 Å². The Labute approximate surface area is 211 Å². The molecule has 0 aromatic heterocycles. The van der Waals surface area contributed by atoms with Crippen LogP contribution in [0.25, 0.3) is 11.1 Å². The number of carbonyl (C=O) groups is 2. The van der Waals surface area contributed by atoms with Crippen LogP contribution < -0.4 is 20.7 Å². The molecule has 1 aliphatic heterocycles. The van der Waals surface area contributed by atoms with E-state index in [0.29, 0.717) is 30.0 Å². The van der Waals surface area contributed by atoms with Gasteiger partial charge in [0.1, 0.15) is 5.75 Å².